The molecule has 0 unspecified atom stereocenters. The molecule has 1 aliphatic rings. The van der Waals surface area contributed by atoms with Crippen molar-refractivity contribution in [1.29, 1.82) is 0 Å². The minimum atomic E-state index is 0.640. The predicted molar refractivity (Wildman–Crippen MR) is 65.9 cm³/mol. The Kier molecular flexibility index (Phi) is 2.29. The summed E-state index contributed by atoms with van der Waals surface area (Å²) in [5.41, 5.74) is 0.995. The number of hydrogen-bond acceptors (Lipinski definition) is 3. The third kappa shape index (κ3) is 1.82. The summed E-state index contributed by atoms with van der Waals surface area (Å²) in [6, 6.07) is 6.50. The van der Waals surface area contributed by atoms with Crippen molar-refractivity contribution in [3.63, 3.8) is 0 Å². The summed E-state index contributed by atoms with van der Waals surface area (Å²) in [6.07, 6.45) is 3.89. The van der Waals surface area contributed by atoms with Gasteiger partial charge >= 0.3 is 0 Å². The third-order valence-corrected chi connectivity index (χ3v) is 3.99. The molecule has 2 aromatic rings. The summed E-state index contributed by atoms with van der Waals surface area (Å²) >= 11 is 7.62. The second-order valence-electron chi connectivity index (χ2n) is 3.90. The van der Waals surface area contributed by atoms with Crippen molar-refractivity contribution < 1.29 is 0 Å². The van der Waals surface area contributed by atoms with Crippen LogP contribution in [0.4, 0.5) is 5.13 Å². The van der Waals surface area contributed by atoms with Crippen LogP contribution in [0.25, 0.3) is 10.2 Å². The standard InChI is InChI=1S/C11H11ClN2S/c12-7-4-5-10-9(6-7)14-11(15-10)13-8-2-1-3-8/h4-6,8H,1-3H2,(H,13,14). The van der Waals surface area contributed by atoms with E-state index in [2.05, 4.69) is 10.3 Å². The first kappa shape index (κ1) is 9.43. The quantitative estimate of drug-likeness (QED) is 0.858. The molecule has 15 heavy (non-hydrogen) atoms. The summed E-state index contributed by atoms with van der Waals surface area (Å²) in [6.45, 7) is 0. The number of halogens is 1. The van der Waals surface area contributed by atoms with Gasteiger partial charge in [-0.15, -0.1) is 0 Å². The van der Waals surface area contributed by atoms with Gasteiger partial charge in [0.25, 0.3) is 0 Å². The molecule has 0 radical (unpaired) electrons. The molecule has 0 spiro atoms. The molecule has 1 aliphatic carbocycles. The largest absolute Gasteiger partial charge is 0.359 e. The Morgan fingerprint density at radius 2 is 2.27 bits per heavy atom. The SMILES string of the molecule is Clc1ccc2sc(NC3CCC3)nc2c1. The monoisotopic (exact) mass is 238 g/mol. The fourth-order valence-corrected chi connectivity index (χ4v) is 2.78. The van der Waals surface area contributed by atoms with E-state index < -0.39 is 0 Å². The number of anilines is 1. The number of thiazole rings is 1. The van der Waals surface area contributed by atoms with Crippen LogP contribution in [0.1, 0.15) is 19.3 Å². The maximum absolute atomic E-state index is 5.92. The second kappa shape index (κ2) is 3.65. The van der Waals surface area contributed by atoms with E-state index in [0.717, 1.165) is 15.7 Å². The van der Waals surface area contributed by atoms with E-state index in [1.165, 1.54) is 24.0 Å². The molecule has 3 rings (SSSR count). The van der Waals surface area contributed by atoms with Crippen LogP contribution in [-0.4, -0.2) is 11.0 Å². The van der Waals surface area contributed by atoms with Gasteiger partial charge in [-0.2, -0.15) is 0 Å². The summed E-state index contributed by atoms with van der Waals surface area (Å²) < 4.78 is 1.20. The van der Waals surface area contributed by atoms with Gasteiger partial charge in [0.2, 0.25) is 0 Å². The number of hydrogen-bond donors (Lipinski definition) is 1. The fraction of sp³-hybridized carbons (Fsp3) is 0.364. The number of benzene rings is 1. The van der Waals surface area contributed by atoms with Crippen LogP contribution >= 0.6 is 22.9 Å². The highest BCUT2D eigenvalue weighted by atomic mass is 35.5. The molecule has 0 atom stereocenters. The zero-order chi connectivity index (χ0) is 10.3. The zero-order valence-electron chi connectivity index (χ0n) is 8.16. The van der Waals surface area contributed by atoms with Gasteiger partial charge in [-0.25, -0.2) is 4.98 Å². The van der Waals surface area contributed by atoms with Crippen LogP contribution in [0.3, 0.4) is 0 Å². The molecule has 1 N–H and O–H groups in total. The molecule has 0 saturated heterocycles. The van der Waals surface area contributed by atoms with Gasteiger partial charge in [0.1, 0.15) is 0 Å². The molecule has 1 aromatic heterocycles. The molecule has 0 bridgehead atoms. The molecule has 1 fully saturated rings. The minimum Gasteiger partial charge on any atom is -0.359 e. The van der Waals surface area contributed by atoms with Crippen LogP contribution in [0.5, 0.6) is 0 Å². The Hall–Kier alpha value is -0.800. The second-order valence-corrected chi connectivity index (χ2v) is 5.37. The van der Waals surface area contributed by atoms with E-state index in [4.69, 9.17) is 11.6 Å². The molecule has 2 nitrogen and oxygen atoms in total. The average molecular weight is 239 g/mol. The van der Waals surface area contributed by atoms with Crippen molar-refractivity contribution >= 4 is 38.3 Å². The first-order valence-corrected chi connectivity index (χ1v) is 6.33. The van der Waals surface area contributed by atoms with E-state index >= 15 is 0 Å². The Balaban J connectivity index is 1.91. The molecule has 1 aromatic carbocycles. The van der Waals surface area contributed by atoms with Crippen molar-refractivity contribution in [2.45, 2.75) is 25.3 Å². The number of aromatic nitrogens is 1. The number of nitrogens with one attached hydrogen (secondary N) is 1. The predicted octanol–water partition coefficient (Wildman–Crippen LogP) is 3.91. The molecular weight excluding hydrogens is 228 g/mol. The van der Waals surface area contributed by atoms with E-state index in [1.807, 2.05) is 18.2 Å². The van der Waals surface area contributed by atoms with Gasteiger partial charge in [0, 0.05) is 11.1 Å². The summed E-state index contributed by atoms with van der Waals surface area (Å²) in [7, 11) is 0. The maximum Gasteiger partial charge on any atom is 0.184 e. The van der Waals surface area contributed by atoms with Crippen LogP contribution in [0.15, 0.2) is 18.2 Å². The Morgan fingerprint density at radius 3 is 3.00 bits per heavy atom. The maximum atomic E-state index is 5.92. The number of nitrogens with zero attached hydrogens (tertiary/aromatic N) is 1. The number of fused-ring (bicyclic) bond motifs is 1. The zero-order valence-corrected chi connectivity index (χ0v) is 9.74. The fourth-order valence-electron chi connectivity index (χ4n) is 1.69. The molecule has 4 heteroatoms. The van der Waals surface area contributed by atoms with Gasteiger partial charge in [0.15, 0.2) is 5.13 Å². The lowest BCUT2D eigenvalue weighted by molar-refractivity contribution is 0.445. The van der Waals surface area contributed by atoms with Crippen molar-refractivity contribution in [1.82, 2.24) is 4.98 Å². The molecule has 1 saturated carbocycles. The third-order valence-electron chi connectivity index (χ3n) is 2.78. The van der Waals surface area contributed by atoms with Crippen LogP contribution in [0, 0.1) is 0 Å². The van der Waals surface area contributed by atoms with E-state index in [-0.39, 0.29) is 0 Å². The Labute approximate surface area is 97.3 Å². The van der Waals surface area contributed by atoms with Crippen molar-refractivity contribution in [2.24, 2.45) is 0 Å². The summed E-state index contributed by atoms with van der Waals surface area (Å²) in [5.74, 6) is 0. The summed E-state index contributed by atoms with van der Waals surface area (Å²) in [4.78, 5) is 4.52. The molecule has 0 amide bonds. The van der Waals surface area contributed by atoms with Gasteiger partial charge in [0.05, 0.1) is 10.2 Å². The minimum absolute atomic E-state index is 0.640. The molecule has 1 heterocycles. The van der Waals surface area contributed by atoms with Gasteiger partial charge in [-0.1, -0.05) is 22.9 Å². The highest BCUT2D eigenvalue weighted by Gasteiger charge is 2.18. The highest BCUT2D eigenvalue weighted by molar-refractivity contribution is 7.22. The van der Waals surface area contributed by atoms with Crippen LogP contribution < -0.4 is 5.32 Å². The lowest BCUT2D eigenvalue weighted by Gasteiger charge is -2.25. The first-order chi connectivity index (χ1) is 7.31. The van der Waals surface area contributed by atoms with E-state index in [1.54, 1.807) is 11.3 Å². The summed E-state index contributed by atoms with van der Waals surface area (Å²) in [5, 5.41) is 5.23. The highest BCUT2D eigenvalue weighted by Crippen LogP contribution is 2.30. The smallest absolute Gasteiger partial charge is 0.184 e. The van der Waals surface area contributed by atoms with Crippen molar-refractivity contribution in [3.05, 3.63) is 23.2 Å². The lowest BCUT2D eigenvalue weighted by Crippen LogP contribution is -2.26. The average Bonchev–Trinajstić information content (AvgIpc) is 2.53. The normalized spacial score (nSPS) is 16.6. The van der Waals surface area contributed by atoms with Crippen molar-refractivity contribution in [2.75, 3.05) is 5.32 Å². The van der Waals surface area contributed by atoms with Crippen molar-refractivity contribution in [3.8, 4) is 0 Å². The van der Waals surface area contributed by atoms with Crippen LogP contribution in [-0.2, 0) is 0 Å². The van der Waals surface area contributed by atoms with Crippen LogP contribution in [0.2, 0.25) is 5.02 Å². The van der Waals surface area contributed by atoms with E-state index in [0.29, 0.717) is 6.04 Å². The Morgan fingerprint density at radius 1 is 1.40 bits per heavy atom. The first-order valence-electron chi connectivity index (χ1n) is 5.14. The molecule has 0 aliphatic heterocycles. The van der Waals surface area contributed by atoms with Gasteiger partial charge in [-0.3, -0.25) is 0 Å². The lowest BCUT2D eigenvalue weighted by atomic mass is 9.93. The molecular formula is C11H11ClN2S. The number of rotatable bonds is 2. The topological polar surface area (TPSA) is 24.9 Å². The van der Waals surface area contributed by atoms with E-state index in [9.17, 15) is 0 Å². The van der Waals surface area contributed by atoms with Gasteiger partial charge in [-0.05, 0) is 37.5 Å². The Bertz CT molecular complexity index is 490. The molecule has 78 valence electrons. The van der Waals surface area contributed by atoms with Gasteiger partial charge < -0.3 is 5.32 Å².